The van der Waals surface area contributed by atoms with Crippen LogP contribution in [-0.4, -0.2) is 19.3 Å². The summed E-state index contributed by atoms with van der Waals surface area (Å²) < 4.78 is 4.67. The molecular formula is C14H16N4S. The van der Waals surface area contributed by atoms with Gasteiger partial charge >= 0.3 is 0 Å². The van der Waals surface area contributed by atoms with Crippen LogP contribution in [0, 0.1) is 11.7 Å². The van der Waals surface area contributed by atoms with Gasteiger partial charge in [-0.3, -0.25) is 4.57 Å². The second-order valence-electron chi connectivity index (χ2n) is 4.67. The molecule has 0 bridgehead atoms. The number of aromatic amines is 1. The maximum absolute atomic E-state index is 5.48. The van der Waals surface area contributed by atoms with Crippen LogP contribution in [0.25, 0.3) is 16.9 Å². The molecule has 1 aromatic carbocycles. The molecule has 98 valence electrons. The van der Waals surface area contributed by atoms with Crippen LogP contribution in [0.5, 0.6) is 0 Å². The summed E-state index contributed by atoms with van der Waals surface area (Å²) in [4.78, 5) is 3.29. The predicted molar refractivity (Wildman–Crippen MR) is 79.3 cm³/mol. The van der Waals surface area contributed by atoms with Crippen LogP contribution in [0.1, 0.15) is 18.2 Å². The van der Waals surface area contributed by atoms with Gasteiger partial charge in [-0.25, -0.2) is 4.68 Å². The van der Waals surface area contributed by atoms with Gasteiger partial charge in [0.2, 0.25) is 0 Å². The Bertz CT molecular complexity index is 807. The highest BCUT2D eigenvalue weighted by molar-refractivity contribution is 7.71. The Kier molecular flexibility index (Phi) is 2.78. The number of aromatic nitrogens is 4. The van der Waals surface area contributed by atoms with Crippen molar-refractivity contribution in [3.63, 3.8) is 0 Å². The van der Waals surface area contributed by atoms with Gasteiger partial charge in [-0.05, 0) is 37.2 Å². The predicted octanol–water partition coefficient (Wildman–Crippen LogP) is 3.29. The van der Waals surface area contributed by atoms with Crippen molar-refractivity contribution in [2.24, 2.45) is 7.05 Å². The Hall–Kier alpha value is -1.88. The number of benzene rings is 1. The third kappa shape index (κ3) is 1.73. The number of aryl methyl sites for hydroxylation is 3. The zero-order chi connectivity index (χ0) is 13.6. The lowest BCUT2D eigenvalue weighted by Crippen LogP contribution is -2.02. The molecule has 0 saturated carbocycles. The topological polar surface area (TPSA) is 38.5 Å². The number of rotatable bonds is 2. The fraction of sp³-hybridized carbons (Fsp3) is 0.286. The summed E-state index contributed by atoms with van der Waals surface area (Å²) in [6.45, 7) is 4.19. The van der Waals surface area contributed by atoms with Gasteiger partial charge in [0.25, 0.3) is 0 Å². The third-order valence-electron chi connectivity index (χ3n) is 3.43. The first kappa shape index (κ1) is 12.2. The lowest BCUT2D eigenvalue weighted by Gasteiger charge is -2.07. The van der Waals surface area contributed by atoms with E-state index in [1.807, 2.05) is 23.9 Å². The quantitative estimate of drug-likeness (QED) is 0.727. The molecule has 0 aliphatic carbocycles. The largest absolute Gasteiger partial charge is 0.327 e. The van der Waals surface area contributed by atoms with Crippen molar-refractivity contribution in [1.82, 2.24) is 19.3 Å². The molecule has 4 nitrogen and oxygen atoms in total. The van der Waals surface area contributed by atoms with Gasteiger partial charge in [-0.1, -0.05) is 25.1 Å². The van der Waals surface area contributed by atoms with Gasteiger partial charge in [0.05, 0.1) is 11.4 Å². The average molecular weight is 272 g/mol. The second-order valence-corrected chi connectivity index (χ2v) is 5.06. The van der Waals surface area contributed by atoms with Crippen LogP contribution >= 0.6 is 12.2 Å². The van der Waals surface area contributed by atoms with Crippen LogP contribution in [0.4, 0.5) is 0 Å². The third-order valence-corrected chi connectivity index (χ3v) is 3.71. The summed E-state index contributed by atoms with van der Waals surface area (Å²) in [5, 5.41) is 4.54. The Morgan fingerprint density at radius 3 is 2.74 bits per heavy atom. The number of hydrogen-bond donors (Lipinski definition) is 1. The number of hydrogen-bond acceptors (Lipinski definition) is 2. The summed E-state index contributed by atoms with van der Waals surface area (Å²) in [6, 6.07) is 8.23. The van der Waals surface area contributed by atoms with Gasteiger partial charge < -0.3 is 4.98 Å². The van der Waals surface area contributed by atoms with Crippen LogP contribution in [0.3, 0.4) is 0 Å². The number of fused-ring (bicyclic) bond motifs is 1. The highest BCUT2D eigenvalue weighted by Crippen LogP contribution is 2.23. The van der Waals surface area contributed by atoms with Gasteiger partial charge in [0, 0.05) is 7.05 Å². The van der Waals surface area contributed by atoms with Gasteiger partial charge in [0.15, 0.2) is 10.4 Å². The van der Waals surface area contributed by atoms with Gasteiger partial charge in [-0.15, -0.1) is 0 Å². The molecule has 0 fully saturated rings. The fourth-order valence-electron chi connectivity index (χ4n) is 2.50. The molecule has 0 atom stereocenters. The molecular weight excluding hydrogens is 256 g/mol. The molecule has 3 aromatic rings. The fourth-order valence-corrected chi connectivity index (χ4v) is 2.79. The molecule has 0 aliphatic heterocycles. The maximum Gasteiger partial charge on any atom is 0.184 e. The van der Waals surface area contributed by atoms with Crippen molar-refractivity contribution >= 4 is 23.4 Å². The Morgan fingerprint density at radius 2 is 2.05 bits per heavy atom. The highest BCUT2D eigenvalue weighted by atomic mass is 32.1. The van der Waals surface area contributed by atoms with E-state index in [1.165, 1.54) is 5.56 Å². The Labute approximate surface area is 116 Å². The second kappa shape index (κ2) is 4.35. The van der Waals surface area contributed by atoms with E-state index in [0.717, 1.165) is 29.0 Å². The molecule has 0 radical (unpaired) electrons. The van der Waals surface area contributed by atoms with E-state index < -0.39 is 0 Å². The molecule has 0 saturated heterocycles. The van der Waals surface area contributed by atoms with Crippen LogP contribution < -0.4 is 0 Å². The van der Waals surface area contributed by atoms with Gasteiger partial charge in [0.1, 0.15) is 5.52 Å². The van der Waals surface area contributed by atoms with Crippen LogP contribution in [0.2, 0.25) is 0 Å². The van der Waals surface area contributed by atoms with E-state index in [4.69, 9.17) is 12.2 Å². The van der Waals surface area contributed by atoms with Crippen LogP contribution in [0.15, 0.2) is 24.3 Å². The van der Waals surface area contributed by atoms with Crippen molar-refractivity contribution < 1.29 is 0 Å². The van der Waals surface area contributed by atoms with E-state index in [2.05, 4.69) is 40.6 Å². The first-order valence-electron chi connectivity index (χ1n) is 6.36. The van der Waals surface area contributed by atoms with Crippen LogP contribution in [-0.2, 0) is 13.5 Å². The average Bonchev–Trinajstić information content (AvgIpc) is 2.88. The zero-order valence-corrected chi connectivity index (χ0v) is 12.1. The summed E-state index contributed by atoms with van der Waals surface area (Å²) >= 11 is 5.48. The van der Waals surface area contributed by atoms with E-state index in [9.17, 15) is 0 Å². The van der Waals surface area contributed by atoms with Crippen molar-refractivity contribution in [1.29, 1.82) is 0 Å². The monoisotopic (exact) mass is 272 g/mol. The normalized spacial score (nSPS) is 11.3. The summed E-state index contributed by atoms with van der Waals surface area (Å²) in [5.74, 6) is 0. The molecule has 5 heteroatoms. The number of H-pyrrole nitrogens is 1. The molecule has 0 aliphatic rings. The molecule has 0 unspecified atom stereocenters. The number of nitrogens with zero attached hydrogens (tertiary/aromatic N) is 3. The van der Waals surface area contributed by atoms with E-state index in [0.29, 0.717) is 4.77 Å². The van der Waals surface area contributed by atoms with Crippen molar-refractivity contribution in [3.05, 3.63) is 40.3 Å². The minimum atomic E-state index is 0.715. The zero-order valence-electron chi connectivity index (χ0n) is 11.3. The molecule has 1 N–H and O–H groups in total. The molecule has 0 spiro atoms. The standard InChI is InChI=1S/C14H16N4S/c1-4-10-12-13(17(3)16-10)18(14(19)15-12)11-8-6-5-7-9(11)2/h5-8H,4H2,1-3H3,(H,15,19). The SMILES string of the molecule is CCc1nn(C)c2c1[nH]c(=S)n2-c1ccccc1C. The molecule has 2 aromatic heterocycles. The van der Waals surface area contributed by atoms with E-state index in [-0.39, 0.29) is 0 Å². The number of para-hydroxylation sites is 1. The first-order valence-corrected chi connectivity index (χ1v) is 6.77. The highest BCUT2D eigenvalue weighted by Gasteiger charge is 2.15. The van der Waals surface area contributed by atoms with E-state index >= 15 is 0 Å². The van der Waals surface area contributed by atoms with Gasteiger partial charge in [-0.2, -0.15) is 5.10 Å². The molecule has 3 rings (SSSR count). The smallest absolute Gasteiger partial charge is 0.184 e. The Morgan fingerprint density at radius 1 is 1.32 bits per heavy atom. The minimum absolute atomic E-state index is 0.715. The summed E-state index contributed by atoms with van der Waals surface area (Å²) in [7, 11) is 1.96. The van der Waals surface area contributed by atoms with E-state index in [1.54, 1.807) is 0 Å². The lowest BCUT2D eigenvalue weighted by atomic mass is 10.2. The first-order chi connectivity index (χ1) is 9.13. The lowest BCUT2D eigenvalue weighted by molar-refractivity contribution is 0.748. The molecule has 0 amide bonds. The number of imidazole rings is 1. The van der Waals surface area contributed by atoms with Crippen molar-refractivity contribution in [2.75, 3.05) is 0 Å². The minimum Gasteiger partial charge on any atom is -0.327 e. The van der Waals surface area contributed by atoms with Crippen molar-refractivity contribution in [3.8, 4) is 5.69 Å². The molecule has 2 heterocycles. The maximum atomic E-state index is 5.48. The summed E-state index contributed by atoms with van der Waals surface area (Å²) in [5.41, 5.74) is 5.41. The summed E-state index contributed by atoms with van der Waals surface area (Å²) in [6.07, 6.45) is 0.889. The molecule has 19 heavy (non-hydrogen) atoms. The van der Waals surface area contributed by atoms with Crippen molar-refractivity contribution in [2.45, 2.75) is 20.3 Å². The number of nitrogens with one attached hydrogen (secondary N) is 1. The Balaban J connectivity index is 2.42.